The van der Waals surface area contributed by atoms with Gasteiger partial charge >= 0.3 is 0 Å². The van der Waals surface area contributed by atoms with E-state index in [0.717, 1.165) is 38.2 Å². The lowest BCUT2D eigenvalue weighted by Crippen LogP contribution is -2.38. The third-order valence-electron chi connectivity index (χ3n) is 3.02. The second-order valence-electron chi connectivity index (χ2n) is 4.18. The predicted octanol–water partition coefficient (Wildman–Crippen LogP) is 0.262. The fourth-order valence-electron chi connectivity index (χ4n) is 2.04. The molecule has 0 radical (unpaired) electrons. The van der Waals surface area contributed by atoms with Crippen LogP contribution in [0.1, 0.15) is 29.5 Å². The van der Waals surface area contributed by atoms with Gasteiger partial charge in [0.15, 0.2) is 12.1 Å². The monoisotopic (exact) mass is 222 g/mol. The summed E-state index contributed by atoms with van der Waals surface area (Å²) in [5, 5.41) is 8.06. The maximum absolute atomic E-state index is 10.9. The van der Waals surface area contributed by atoms with Crippen molar-refractivity contribution in [3.05, 3.63) is 5.82 Å². The molecule has 0 amide bonds. The van der Waals surface area contributed by atoms with Crippen molar-refractivity contribution in [1.82, 2.24) is 14.8 Å². The molecule has 0 aromatic carbocycles. The number of nitrogens with zero attached hydrogens (tertiary/aromatic N) is 4. The van der Waals surface area contributed by atoms with Gasteiger partial charge in [-0.3, -0.25) is 9.36 Å². The molecule has 1 aromatic heterocycles. The van der Waals surface area contributed by atoms with E-state index in [1.165, 1.54) is 0 Å². The van der Waals surface area contributed by atoms with Gasteiger partial charge in [-0.05, 0) is 12.8 Å². The van der Waals surface area contributed by atoms with Crippen LogP contribution >= 0.6 is 0 Å². The van der Waals surface area contributed by atoms with Crippen molar-refractivity contribution in [3.8, 4) is 0 Å². The van der Waals surface area contributed by atoms with Crippen molar-refractivity contribution in [2.45, 2.75) is 18.9 Å². The average Bonchev–Trinajstić information content (AvgIpc) is 3.09. The lowest BCUT2D eigenvalue weighted by atomic mass is 10.4. The number of morpholine rings is 1. The van der Waals surface area contributed by atoms with E-state index < -0.39 is 0 Å². The number of aromatic nitrogens is 3. The number of hydrogen-bond acceptors (Lipinski definition) is 5. The second kappa shape index (κ2) is 3.86. The topological polar surface area (TPSA) is 60.3 Å². The Bertz CT molecular complexity index is 394. The van der Waals surface area contributed by atoms with Crippen LogP contribution in [0.15, 0.2) is 0 Å². The lowest BCUT2D eigenvalue weighted by molar-refractivity contribution is 0.111. The Hall–Kier alpha value is -1.43. The first-order valence-electron chi connectivity index (χ1n) is 5.63. The molecule has 0 bridgehead atoms. The minimum absolute atomic E-state index is 0.424. The highest BCUT2D eigenvalue weighted by molar-refractivity contribution is 5.70. The Morgan fingerprint density at radius 2 is 2.00 bits per heavy atom. The zero-order valence-electron chi connectivity index (χ0n) is 9.00. The molecule has 2 aliphatic rings. The van der Waals surface area contributed by atoms with E-state index in [4.69, 9.17) is 4.74 Å². The molecule has 0 atom stereocenters. The molecular weight excluding hydrogens is 208 g/mol. The summed E-state index contributed by atoms with van der Waals surface area (Å²) in [5.74, 6) is 1.27. The van der Waals surface area contributed by atoms with E-state index in [1.807, 2.05) is 4.57 Å². The molecule has 0 spiro atoms. The van der Waals surface area contributed by atoms with Crippen molar-refractivity contribution in [3.63, 3.8) is 0 Å². The van der Waals surface area contributed by atoms with Gasteiger partial charge in [0.2, 0.25) is 5.95 Å². The first kappa shape index (κ1) is 9.77. The largest absolute Gasteiger partial charge is 0.378 e. The molecule has 0 N–H and O–H groups in total. The van der Waals surface area contributed by atoms with Gasteiger partial charge in [-0.25, -0.2) is 0 Å². The van der Waals surface area contributed by atoms with Crippen molar-refractivity contribution >= 4 is 12.2 Å². The summed E-state index contributed by atoms with van der Waals surface area (Å²) in [4.78, 5) is 13.0. The normalized spacial score (nSPS) is 21.1. The molecule has 1 aliphatic carbocycles. The van der Waals surface area contributed by atoms with Crippen molar-refractivity contribution in [2.24, 2.45) is 0 Å². The van der Waals surface area contributed by atoms with Gasteiger partial charge in [0.05, 0.1) is 13.2 Å². The third kappa shape index (κ3) is 1.59. The summed E-state index contributed by atoms with van der Waals surface area (Å²) < 4.78 is 7.27. The number of rotatable bonds is 3. The molecule has 0 unspecified atom stereocenters. The Labute approximate surface area is 93.2 Å². The average molecular weight is 222 g/mol. The van der Waals surface area contributed by atoms with E-state index in [2.05, 4.69) is 15.1 Å². The van der Waals surface area contributed by atoms with Crippen LogP contribution in [0.2, 0.25) is 0 Å². The Balaban J connectivity index is 1.92. The summed E-state index contributed by atoms with van der Waals surface area (Å²) in [7, 11) is 0. The van der Waals surface area contributed by atoms with Crippen LogP contribution in [-0.4, -0.2) is 47.4 Å². The highest BCUT2D eigenvalue weighted by Gasteiger charge is 2.31. The summed E-state index contributed by atoms with van der Waals surface area (Å²) in [6.45, 7) is 3.08. The summed E-state index contributed by atoms with van der Waals surface area (Å²) in [6, 6.07) is 0.424. The first-order valence-corrected chi connectivity index (χ1v) is 5.63. The van der Waals surface area contributed by atoms with E-state index in [0.29, 0.717) is 25.1 Å². The zero-order chi connectivity index (χ0) is 11.0. The number of carbonyl (C=O) groups excluding carboxylic acids is 1. The van der Waals surface area contributed by atoms with Crippen molar-refractivity contribution in [1.29, 1.82) is 0 Å². The van der Waals surface area contributed by atoms with Crippen LogP contribution in [0.5, 0.6) is 0 Å². The number of ether oxygens (including phenoxy) is 1. The highest BCUT2D eigenvalue weighted by Crippen LogP contribution is 2.38. The number of hydrogen-bond donors (Lipinski definition) is 0. The lowest BCUT2D eigenvalue weighted by Gasteiger charge is -2.27. The van der Waals surface area contributed by atoms with Gasteiger partial charge < -0.3 is 9.64 Å². The van der Waals surface area contributed by atoms with Crippen LogP contribution in [0, 0.1) is 0 Å². The molecule has 1 aromatic rings. The van der Waals surface area contributed by atoms with Crippen LogP contribution in [0.4, 0.5) is 5.95 Å². The third-order valence-corrected chi connectivity index (χ3v) is 3.02. The predicted molar refractivity (Wildman–Crippen MR) is 56.7 cm³/mol. The molecule has 6 nitrogen and oxygen atoms in total. The standard InChI is InChI=1S/C10H14N4O2/c15-7-9-11-12-10(14(9)8-1-2-8)13-3-5-16-6-4-13/h7-8H,1-6H2. The van der Waals surface area contributed by atoms with Gasteiger partial charge in [0.1, 0.15) is 0 Å². The van der Waals surface area contributed by atoms with Crippen LogP contribution < -0.4 is 4.90 Å². The zero-order valence-corrected chi connectivity index (χ0v) is 9.00. The minimum atomic E-state index is 0.424. The van der Waals surface area contributed by atoms with Gasteiger partial charge in [-0.1, -0.05) is 0 Å². The SMILES string of the molecule is O=Cc1nnc(N2CCOCC2)n1C1CC1. The van der Waals surface area contributed by atoms with Crippen LogP contribution in [0.3, 0.4) is 0 Å². The van der Waals surface area contributed by atoms with Crippen molar-refractivity contribution in [2.75, 3.05) is 31.2 Å². The Morgan fingerprint density at radius 3 is 2.62 bits per heavy atom. The summed E-state index contributed by atoms with van der Waals surface area (Å²) in [5.41, 5.74) is 0. The van der Waals surface area contributed by atoms with E-state index in [9.17, 15) is 4.79 Å². The quantitative estimate of drug-likeness (QED) is 0.687. The summed E-state index contributed by atoms with van der Waals surface area (Å²) >= 11 is 0. The number of aldehydes is 1. The molecule has 6 heteroatoms. The molecule has 86 valence electrons. The molecule has 3 rings (SSSR count). The maximum Gasteiger partial charge on any atom is 0.228 e. The molecule has 1 aliphatic heterocycles. The van der Waals surface area contributed by atoms with Gasteiger partial charge in [0, 0.05) is 19.1 Å². The first-order chi connectivity index (χ1) is 7.90. The number of carbonyl (C=O) groups is 1. The minimum Gasteiger partial charge on any atom is -0.378 e. The van der Waals surface area contributed by atoms with Crippen LogP contribution in [-0.2, 0) is 4.74 Å². The van der Waals surface area contributed by atoms with E-state index in [-0.39, 0.29) is 0 Å². The molecule has 1 saturated heterocycles. The molecule has 16 heavy (non-hydrogen) atoms. The molecular formula is C10H14N4O2. The smallest absolute Gasteiger partial charge is 0.228 e. The van der Waals surface area contributed by atoms with Gasteiger partial charge in [-0.15, -0.1) is 10.2 Å². The summed E-state index contributed by atoms with van der Waals surface area (Å²) in [6.07, 6.45) is 3.03. The maximum atomic E-state index is 10.9. The Morgan fingerprint density at radius 1 is 1.25 bits per heavy atom. The Kier molecular flexibility index (Phi) is 2.36. The van der Waals surface area contributed by atoms with Crippen LogP contribution in [0.25, 0.3) is 0 Å². The molecule has 2 heterocycles. The van der Waals surface area contributed by atoms with Gasteiger partial charge in [-0.2, -0.15) is 0 Å². The van der Waals surface area contributed by atoms with E-state index in [1.54, 1.807) is 0 Å². The van der Waals surface area contributed by atoms with E-state index >= 15 is 0 Å². The highest BCUT2D eigenvalue weighted by atomic mass is 16.5. The van der Waals surface area contributed by atoms with Crippen molar-refractivity contribution < 1.29 is 9.53 Å². The molecule has 2 fully saturated rings. The fourth-order valence-corrected chi connectivity index (χ4v) is 2.04. The second-order valence-corrected chi connectivity index (χ2v) is 4.18. The number of anilines is 1. The molecule has 1 saturated carbocycles. The fraction of sp³-hybridized carbons (Fsp3) is 0.700. The van der Waals surface area contributed by atoms with Gasteiger partial charge in [0.25, 0.3) is 0 Å².